The van der Waals surface area contributed by atoms with Gasteiger partial charge in [0.25, 0.3) is 5.91 Å². The van der Waals surface area contributed by atoms with Crippen molar-refractivity contribution in [2.45, 2.75) is 13.8 Å². The fraction of sp³-hybridized carbons (Fsp3) is 0.417. The highest BCUT2D eigenvalue weighted by molar-refractivity contribution is 6.05. The van der Waals surface area contributed by atoms with Gasteiger partial charge in [-0.2, -0.15) is 0 Å². The highest BCUT2D eigenvalue weighted by Gasteiger charge is 2.20. The molecule has 5 nitrogen and oxygen atoms in total. The van der Waals surface area contributed by atoms with Gasteiger partial charge in [0, 0.05) is 25.5 Å². The van der Waals surface area contributed by atoms with Crippen molar-refractivity contribution in [1.29, 1.82) is 0 Å². The van der Waals surface area contributed by atoms with Gasteiger partial charge in [0.15, 0.2) is 0 Å². The summed E-state index contributed by atoms with van der Waals surface area (Å²) in [6.45, 7) is 4.95. The topological polar surface area (TPSA) is 59.5 Å². The minimum Gasteiger partial charge on any atom is -0.465 e. The van der Waals surface area contributed by atoms with Crippen molar-refractivity contribution in [3.05, 3.63) is 29.6 Å². The Bertz CT molecular complexity index is 414. The normalized spacial score (nSPS) is 9.82. The van der Waals surface area contributed by atoms with E-state index in [9.17, 15) is 9.59 Å². The van der Waals surface area contributed by atoms with Crippen molar-refractivity contribution in [1.82, 2.24) is 9.88 Å². The predicted molar refractivity (Wildman–Crippen MR) is 62.8 cm³/mol. The van der Waals surface area contributed by atoms with Gasteiger partial charge in [0.1, 0.15) is 0 Å². The number of nitrogens with zero attached hydrogens (tertiary/aromatic N) is 2. The summed E-state index contributed by atoms with van der Waals surface area (Å²) in [7, 11) is 1.29. The van der Waals surface area contributed by atoms with Gasteiger partial charge in [-0.1, -0.05) is 0 Å². The molecule has 0 aromatic carbocycles. The third kappa shape index (κ3) is 2.81. The molecule has 1 aromatic rings. The van der Waals surface area contributed by atoms with Crippen LogP contribution in [-0.4, -0.2) is 42.0 Å². The molecule has 0 atom stereocenters. The number of esters is 1. The Morgan fingerprint density at radius 1 is 1.29 bits per heavy atom. The SMILES string of the molecule is CCN(CC)C(=O)c1cnccc1C(=O)OC. The lowest BCUT2D eigenvalue weighted by atomic mass is 10.1. The molecule has 0 spiro atoms. The van der Waals surface area contributed by atoms with Crippen LogP contribution in [0.3, 0.4) is 0 Å². The van der Waals surface area contributed by atoms with Crippen LogP contribution in [0.2, 0.25) is 0 Å². The molecule has 92 valence electrons. The first kappa shape index (κ1) is 13.2. The fourth-order valence-corrected chi connectivity index (χ4v) is 1.53. The molecule has 1 amide bonds. The smallest absolute Gasteiger partial charge is 0.338 e. The summed E-state index contributed by atoms with van der Waals surface area (Å²) in [5.74, 6) is -0.730. The summed E-state index contributed by atoms with van der Waals surface area (Å²) >= 11 is 0. The highest BCUT2D eigenvalue weighted by Crippen LogP contribution is 2.11. The maximum Gasteiger partial charge on any atom is 0.338 e. The second-order valence-electron chi connectivity index (χ2n) is 3.39. The van der Waals surface area contributed by atoms with Crippen LogP contribution in [0.25, 0.3) is 0 Å². The number of carbonyl (C=O) groups excluding carboxylic acids is 2. The van der Waals surface area contributed by atoms with Crippen LogP contribution in [0.4, 0.5) is 0 Å². The van der Waals surface area contributed by atoms with Crippen LogP contribution in [0.5, 0.6) is 0 Å². The molecule has 1 heterocycles. The minimum absolute atomic E-state index is 0.205. The van der Waals surface area contributed by atoms with Crippen LogP contribution in [0.15, 0.2) is 18.5 Å². The number of hydrogen-bond donors (Lipinski definition) is 0. The van der Waals surface area contributed by atoms with Crippen LogP contribution >= 0.6 is 0 Å². The van der Waals surface area contributed by atoms with E-state index in [1.54, 1.807) is 4.90 Å². The average Bonchev–Trinajstić information content (AvgIpc) is 2.39. The molecule has 0 saturated carbocycles. The van der Waals surface area contributed by atoms with E-state index < -0.39 is 5.97 Å². The first-order valence-electron chi connectivity index (χ1n) is 5.47. The lowest BCUT2D eigenvalue weighted by Crippen LogP contribution is -2.31. The zero-order valence-corrected chi connectivity index (χ0v) is 10.3. The van der Waals surface area contributed by atoms with Gasteiger partial charge < -0.3 is 9.64 Å². The maximum atomic E-state index is 12.1. The lowest BCUT2D eigenvalue weighted by molar-refractivity contribution is 0.0590. The Balaban J connectivity index is 3.13. The van der Waals surface area contributed by atoms with Gasteiger partial charge in [-0.3, -0.25) is 9.78 Å². The zero-order chi connectivity index (χ0) is 12.8. The van der Waals surface area contributed by atoms with Gasteiger partial charge in [0.05, 0.1) is 18.2 Å². The van der Waals surface area contributed by atoms with Crippen molar-refractivity contribution in [3.63, 3.8) is 0 Å². The van der Waals surface area contributed by atoms with Crippen molar-refractivity contribution < 1.29 is 14.3 Å². The average molecular weight is 236 g/mol. The van der Waals surface area contributed by atoms with Crippen molar-refractivity contribution >= 4 is 11.9 Å². The standard InChI is InChI=1S/C12H16N2O3/c1-4-14(5-2)11(15)10-8-13-7-6-9(10)12(16)17-3/h6-8H,4-5H2,1-3H3. The summed E-state index contributed by atoms with van der Waals surface area (Å²) in [6, 6.07) is 1.49. The van der Waals surface area contributed by atoms with Gasteiger partial charge in [-0.15, -0.1) is 0 Å². The molecule has 0 unspecified atom stereocenters. The molecule has 0 saturated heterocycles. The van der Waals surface area contributed by atoms with E-state index in [1.807, 2.05) is 13.8 Å². The third-order valence-corrected chi connectivity index (χ3v) is 2.51. The van der Waals surface area contributed by atoms with Crippen LogP contribution < -0.4 is 0 Å². The first-order chi connectivity index (χ1) is 8.15. The monoisotopic (exact) mass is 236 g/mol. The molecular weight excluding hydrogens is 220 g/mol. The van der Waals surface area contributed by atoms with E-state index in [-0.39, 0.29) is 17.0 Å². The third-order valence-electron chi connectivity index (χ3n) is 2.51. The number of carbonyl (C=O) groups is 2. The number of hydrogen-bond acceptors (Lipinski definition) is 4. The number of methoxy groups -OCH3 is 1. The van der Waals surface area contributed by atoms with E-state index in [0.717, 1.165) is 0 Å². The van der Waals surface area contributed by atoms with Gasteiger partial charge in [-0.25, -0.2) is 4.79 Å². The molecule has 0 aliphatic heterocycles. The number of amides is 1. The van der Waals surface area contributed by atoms with Crippen LogP contribution in [0, 0.1) is 0 Å². The molecule has 1 rings (SSSR count). The Hall–Kier alpha value is -1.91. The number of aromatic nitrogens is 1. The molecule has 5 heteroatoms. The predicted octanol–water partition coefficient (Wildman–Crippen LogP) is 1.35. The molecule has 17 heavy (non-hydrogen) atoms. The van der Waals surface area contributed by atoms with E-state index in [1.165, 1.54) is 25.6 Å². The van der Waals surface area contributed by atoms with Gasteiger partial charge in [-0.05, 0) is 19.9 Å². The van der Waals surface area contributed by atoms with Crippen LogP contribution in [-0.2, 0) is 4.74 Å². The molecular formula is C12H16N2O3. The van der Waals surface area contributed by atoms with E-state index in [0.29, 0.717) is 13.1 Å². The number of ether oxygens (including phenoxy) is 1. The molecule has 1 aromatic heterocycles. The summed E-state index contributed by atoms with van der Waals surface area (Å²) in [5, 5.41) is 0. The molecule has 0 aliphatic rings. The summed E-state index contributed by atoms with van der Waals surface area (Å²) in [5.41, 5.74) is 0.530. The van der Waals surface area contributed by atoms with Crippen molar-refractivity contribution in [2.24, 2.45) is 0 Å². The summed E-state index contributed by atoms with van der Waals surface area (Å²) in [6.07, 6.45) is 2.86. The van der Waals surface area contributed by atoms with E-state index in [2.05, 4.69) is 9.72 Å². The second kappa shape index (κ2) is 5.98. The Morgan fingerprint density at radius 2 is 1.94 bits per heavy atom. The van der Waals surface area contributed by atoms with E-state index >= 15 is 0 Å². The molecule has 0 N–H and O–H groups in total. The lowest BCUT2D eigenvalue weighted by Gasteiger charge is -2.19. The number of pyridine rings is 1. The molecule has 0 fully saturated rings. The summed E-state index contributed by atoms with van der Waals surface area (Å²) < 4.78 is 4.64. The van der Waals surface area contributed by atoms with Crippen LogP contribution in [0.1, 0.15) is 34.6 Å². The second-order valence-corrected chi connectivity index (χ2v) is 3.39. The largest absolute Gasteiger partial charge is 0.465 e. The maximum absolute atomic E-state index is 12.1. The Morgan fingerprint density at radius 3 is 2.47 bits per heavy atom. The number of rotatable bonds is 4. The fourth-order valence-electron chi connectivity index (χ4n) is 1.53. The van der Waals surface area contributed by atoms with Gasteiger partial charge in [0.2, 0.25) is 0 Å². The molecule has 0 bridgehead atoms. The van der Waals surface area contributed by atoms with Crippen molar-refractivity contribution in [2.75, 3.05) is 20.2 Å². The van der Waals surface area contributed by atoms with E-state index in [4.69, 9.17) is 0 Å². The minimum atomic E-state index is -0.525. The zero-order valence-electron chi connectivity index (χ0n) is 10.3. The summed E-state index contributed by atoms with van der Waals surface area (Å²) in [4.78, 5) is 29.2. The highest BCUT2D eigenvalue weighted by atomic mass is 16.5. The Labute approximate surface area is 100 Å². The van der Waals surface area contributed by atoms with Crippen molar-refractivity contribution in [3.8, 4) is 0 Å². The molecule has 0 radical (unpaired) electrons. The molecule has 0 aliphatic carbocycles. The Kier molecular flexibility index (Phi) is 4.63. The van der Waals surface area contributed by atoms with Gasteiger partial charge >= 0.3 is 5.97 Å². The first-order valence-corrected chi connectivity index (χ1v) is 5.47. The quantitative estimate of drug-likeness (QED) is 0.740.